The zero-order chi connectivity index (χ0) is 17.0. The van der Waals surface area contributed by atoms with E-state index >= 15 is 0 Å². The summed E-state index contributed by atoms with van der Waals surface area (Å²) in [6.07, 6.45) is 0. The van der Waals surface area contributed by atoms with E-state index in [0.29, 0.717) is 21.3 Å². The van der Waals surface area contributed by atoms with E-state index < -0.39 is 22.5 Å². The number of amides is 1. The molecule has 0 saturated carbocycles. The number of sulfonamides is 1. The van der Waals surface area contributed by atoms with E-state index in [4.69, 9.17) is 23.2 Å². The van der Waals surface area contributed by atoms with Crippen LogP contribution in [0, 0.1) is 6.92 Å². The fourth-order valence-corrected chi connectivity index (χ4v) is 3.08. The van der Waals surface area contributed by atoms with Crippen molar-refractivity contribution in [3.05, 3.63) is 58.1 Å². The molecular weight excluding hydrogens is 359 g/mol. The van der Waals surface area contributed by atoms with Crippen molar-refractivity contribution in [1.29, 1.82) is 0 Å². The largest absolute Gasteiger partial charge is 0.325 e. The van der Waals surface area contributed by atoms with Crippen LogP contribution in [0.2, 0.25) is 10.0 Å². The molecule has 1 amide bonds. The van der Waals surface area contributed by atoms with E-state index in [1.807, 2.05) is 0 Å². The van der Waals surface area contributed by atoms with Gasteiger partial charge in [0.15, 0.2) is 0 Å². The highest BCUT2D eigenvalue weighted by atomic mass is 35.5. The molecular formula is C15H14Cl2N2O3S. The summed E-state index contributed by atoms with van der Waals surface area (Å²) in [5, 5.41) is 3.56. The molecule has 0 aromatic heterocycles. The molecule has 2 N–H and O–H groups in total. The molecule has 2 aromatic rings. The molecule has 2 rings (SSSR count). The van der Waals surface area contributed by atoms with Crippen LogP contribution >= 0.6 is 23.2 Å². The third-order valence-corrected chi connectivity index (χ3v) is 5.17. The van der Waals surface area contributed by atoms with Gasteiger partial charge >= 0.3 is 0 Å². The first-order valence-electron chi connectivity index (χ1n) is 6.60. The molecule has 0 aliphatic heterocycles. The number of anilines is 1. The van der Waals surface area contributed by atoms with Gasteiger partial charge in [-0.15, -0.1) is 0 Å². The number of carbonyl (C=O) groups excluding carboxylic acids is 1. The summed E-state index contributed by atoms with van der Waals surface area (Å²) in [5.41, 5.74) is 1.25. The van der Waals surface area contributed by atoms with Gasteiger partial charge in [-0.3, -0.25) is 4.79 Å². The van der Waals surface area contributed by atoms with Crippen molar-refractivity contribution in [3.63, 3.8) is 0 Å². The van der Waals surface area contributed by atoms with Crippen LogP contribution in [0.25, 0.3) is 0 Å². The Morgan fingerprint density at radius 2 is 1.74 bits per heavy atom. The van der Waals surface area contributed by atoms with Crippen LogP contribution in [0.3, 0.4) is 0 Å². The van der Waals surface area contributed by atoms with Crippen molar-refractivity contribution in [2.24, 2.45) is 0 Å². The SMILES string of the molecule is Cc1c(Cl)cccc1NC(=O)CNS(=O)(=O)c1ccc(Cl)cc1. The van der Waals surface area contributed by atoms with E-state index in [1.54, 1.807) is 25.1 Å². The molecule has 23 heavy (non-hydrogen) atoms. The van der Waals surface area contributed by atoms with Crippen molar-refractivity contribution < 1.29 is 13.2 Å². The molecule has 0 saturated heterocycles. The quantitative estimate of drug-likeness (QED) is 0.845. The summed E-state index contributed by atoms with van der Waals surface area (Å²) in [5.74, 6) is -0.493. The monoisotopic (exact) mass is 372 g/mol. The van der Waals surface area contributed by atoms with Crippen LogP contribution in [-0.2, 0) is 14.8 Å². The Balaban J connectivity index is 2.01. The Bertz CT molecular complexity index is 821. The topological polar surface area (TPSA) is 75.3 Å². The van der Waals surface area contributed by atoms with Crippen molar-refractivity contribution in [1.82, 2.24) is 4.72 Å². The highest BCUT2D eigenvalue weighted by Crippen LogP contribution is 2.22. The fraction of sp³-hybridized carbons (Fsp3) is 0.133. The second kappa shape index (κ2) is 7.31. The summed E-state index contributed by atoms with van der Waals surface area (Å²) >= 11 is 11.7. The van der Waals surface area contributed by atoms with Gasteiger partial charge in [0.1, 0.15) is 0 Å². The number of nitrogens with one attached hydrogen (secondary N) is 2. The first-order chi connectivity index (χ1) is 10.8. The van der Waals surface area contributed by atoms with Gasteiger partial charge < -0.3 is 5.32 Å². The number of hydrogen-bond acceptors (Lipinski definition) is 3. The lowest BCUT2D eigenvalue weighted by Crippen LogP contribution is -2.33. The molecule has 0 aliphatic rings. The smallest absolute Gasteiger partial charge is 0.241 e. The first-order valence-corrected chi connectivity index (χ1v) is 8.84. The maximum atomic E-state index is 12.1. The Morgan fingerprint density at radius 1 is 1.09 bits per heavy atom. The molecule has 0 aliphatic carbocycles. The summed E-state index contributed by atoms with van der Waals surface area (Å²) < 4.78 is 26.4. The van der Waals surface area contributed by atoms with Gasteiger partial charge in [0.25, 0.3) is 0 Å². The zero-order valence-electron chi connectivity index (χ0n) is 12.1. The zero-order valence-corrected chi connectivity index (χ0v) is 14.5. The number of hydrogen-bond donors (Lipinski definition) is 2. The van der Waals surface area contributed by atoms with Gasteiger partial charge in [-0.25, -0.2) is 13.1 Å². The Morgan fingerprint density at radius 3 is 2.39 bits per heavy atom. The van der Waals surface area contributed by atoms with Crippen LogP contribution < -0.4 is 10.0 Å². The molecule has 8 heteroatoms. The molecule has 0 radical (unpaired) electrons. The summed E-state index contributed by atoms with van der Waals surface area (Å²) in [6, 6.07) is 10.7. The van der Waals surface area contributed by atoms with Gasteiger partial charge in [0.2, 0.25) is 15.9 Å². The molecule has 2 aromatic carbocycles. The van der Waals surface area contributed by atoms with Crippen LogP contribution in [0.1, 0.15) is 5.56 Å². The minimum absolute atomic E-state index is 0.0358. The molecule has 0 bridgehead atoms. The van der Waals surface area contributed by atoms with Crippen molar-refractivity contribution >= 4 is 44.8 Å². The van der Waals surface area contributed by atoms with E-state index in [-0.39, 0.29) is 4.90 Å². The Labute approximate surface area is 144 Å². The van der Waals surface area contributed by atoms with Crippen molar-refractivity contribution in [3.8, 4) is 0 Å². The van der Waals surface area contributed by atoms with Gasteiger partial charge in [-0.1, -0.05) is 29.3 Å². The fourth-order valence-electron chi connectivity index (χ4n) is 1.79. The second-order valence-corrected chi connectivity index (χ2v) is 7.35. The van der Waals surface area contributed by atoms with Crippen LogP contribution in [0.5, 0.6) is 0 Å². The highest BCUT2D eigenvalue weighted by Gasteiger charge is 2.16. The normalized spacial score (nSPS) is 11.3. The summed E-state index contributed by atoms with van der Waals surface area (Å²) in [6.45, 7) is 1.37. The van der Waals surface area contributed by atoms with Crippen LogP contribution in [0.4, 0.5) is 5.69 Å². The Kier molecular flexibility index (Phi) is 5.64. The highest BCUT2D eigenvalue weighted by molar-refractivity contribution is 7.89. The molecule has 0 fully saturated rings. The van der Waals surface area contributed by atoms with Gasteiger partial charge in [0.05, 0.1) is 11.4 Å². The predicted molar refractivity (Wildman–Crippen MR) is 91.5 cm³/mol. The minimum atomic E-state index is -3.78. The summed E-state index contributed by atoms with van der Waals surface area (Å²) in [4.78, 5) is 11.9. The maximum absolute atomic E-state index is 12.1. The average molecular weight is 373 g/mol. The summed E-state index contributed by atoms with van der Waals surface area (Å²) in [7, 11) is -3.78. The van der Waals surface area contributed by atoms with Crippen molar-refractivity contribution in [2.45, 2.75) is 11.8 Å². The number of rotatable bonds is 5. The molecule has 5 nitrogen and oxygen atoms in total. The molecule has 122 valence electrons. The van der Waals surface area contributed by atoms with E-state index in [1.165, 1.54) is 24.3 Å². The van der Waals surface area contributed by atoms with Crippen molar-refractivity contribution in [2.75, 3.05) is 11.9 Å². The molecule has 0 atom stereocenters. The van der Waals surface area contributed by atoms with E-state index in [2.05, 4.69) is 10.0 Å². The standard InChI is InChI=1S/C15H14Cl2N2O3S/c1-10-13(17)3-2-4-14(10)19-15(20)9-18-23(21,22)12-7-5-11(16)6-8-12/h2-8,18H,9H2,1H3,(H,19,20). The van der Waals surface area contributed by atoms with E-state index in [9.17, 15) is 13.2 Å². The first kappa shape index (κ1) is 17.7. The van der Waals surface area contributed by atoms with E-state index in [0.717, 1.165) is 0 Å². The maximum Gasteiger partial charge on any atom is 0.241 e. The number of benzene rings is 2. The molecule has 0 unspecified atom stereocenters. The van der Waals surface area contributed by atoms with Gasteiger partial charge in [0, 0.05) is 15.7 Å². The second-order valence-electron chi connectivity index (χ2n) is 4.74. The molecule has 0 heterocycles. The Hall–Kier alpha value is -1.60. The van der Waals surface area contributed by atoms with Crippen LogP contribution in [-0.4, -0.2) is 20.9 Å². The number of halogens is 2. The lowest BCUT2D eigenvalue weighted by molar-refractivity contribution is -0.115. The predicted octanol–water partition coefficient (Wildman–Crippen LogP) is 3.22. The molecule has 0 spiro atoms. The minimum Gasteiger partial charge on any atom is -0.325 e. The van der Waals surface area contributed by atoms with Gasteiger partial charge in [-0.05, 0) is 48.9 Å². The average Bonchev–Trinajstić information content (AvgIpc) is 2.50. The number of carbonyl (C=O) groups is 1. The third-order valence-electron chi connectivity index (χ3n) is 3.09. The lowest BCUT2D eigenvalue weighted by atomic mass is 10.2. The van der Waals surface area contributed by atoms with Gasteiger partial charge in [-0.2, -0.15) is 0 Å². The van der Waals surface area contributed by atoms with Crippen LogP contribution in [0.15, 0.2) is 47.4 Å². The lowest BCUT2D eigenvalue weighted by Gasteiger charge is -2.10. The third kappa shape index (κ3) is 4.68.